The molecule has 7 aromatic rings. The van der Waals surface area contributed by atoms with E-state index >= 15 is 0 Å². The Bertz CT molecular complexity index is 2460. The first-order valence-corrected chi connectivity index (χ1v) is 17.5. The Hall–Kier alpha value is -5.74. The van der Waals surface area contributed by atoms with Crippen molar-refractivity contribution < 1.29 is 8.78 Å². The second-order valence-electron chi connectivity index (χ2n) is 14.4. The van der Waals surface area contributed by atoms with E-state index in [0.717, 1.165) is 50.6 Å². The normalized spacial score (nSPS) is 12.9. The largest absolute Gasteiger partial charge is 0.310 e. The van der Waals surface area contributed by atoms with Gasteiger partial charge in [-0.05, 0) is 145 Å². The average molecular weight is 671 g/mol. The lowest BCUT2D eigenvalue weighted by molar-refractivity contribution is 0.627. The van der Waals surface area contributed by atoms with E-state index in [1.807, 2.05) is 24.3 Å². The zero-order valence-corrected chi connectivity index (χ0v) is 29.9. The second-order valence-corrected chi connectivity index (χ2v) is 14.4. The Morgan fingerprint density at radius 2 is 0.961 bits per heavy atom. The van der Waals surface area contributed by atoms with Crippen molar-refractivity contribution >= 4 is 44.9 Å². The highest BCUT2D eigenvalue weighted by Gasteiger charge is 2.38. The molecule has 0 radical (unpaired) electrons. The van der Waals surface area contributed by atoms with Gasteiger partial charge in [-0.2, -0.15) is 0 Å². The van der Waals surface area contributed by atoms with Crippen LogP contribution in [0.1, 0.15) is 47.2 Å². The third-order valence-corrected chi connectivity index (χ3v) is 10.5. The van der Waals surface area contributed by atoms with E-state index in [9.17, 15) is 8.78 Å². The number of rotatable bonds is 6. The molecule has 0 saturated heterocycles. The molecule has 252 valence electrons. The molecule has 0 aromatic heterocycles. The van der Waals surface area contributed by atoms with Crippen LogP contribution in [0.4, 0.5) is 42.9 Å². The highest BCUT2D eigenvalue weighted by atomic mass is 19.1. The summed E-state index contributed by atoms with van der Waals surface area (Å²) in [4.78, 5) is 4.51. The third kappa shape index (κ3) is 5.47. The molecule has 0 bridgehead atoms. The zero-order chi connectivity index (χ0) is 35.6. The van der Waals surface area contributed by atoms with E-state index in [-0.39, 0.29) is 17.0 Å². The highest BCUT2D eigenvalue weighted by Crippen LogP contribution is 2.56. The third-order valence-electron chi connectivity index (χ3n) is 10.5. The fraction of sp³-hybridized carbons (Fsp3) is 0.149. The van der Waals surface area contributed by atoms with Crippen molar-refractivity contribution in [3.63, 3.8) is 0 Å². The first-order chi connectivity index (χ1) is 24.5. The van der Waals surface area contributed by atoms with Crippen LogP contribution in [0.3, 0.4) is 0 Å². The van der Waals surface area contributed by atoms with Crippen LogP contribution in [0.25, 0.3) is 21.9 Å². The Balaban J connectivity index is 1.35. The molecule has 4 heteroatoms. The van der Waals surface area contributed by atoms with Crippen molar-refractivity contribution in [1.29, 1.82) is 0 Å². The van der Waals surface area contributed by atoms with Crippen LogP contribution in [0.2, 0.25) is 0 Å². The number of benzene rings is 7. The molecule has 0 N–H and O–H groups in total. The van der Waals surface area contributed by atoms with Crippen LogP contribution in [-0.2, 0) is 5.41 Å². The maximum atomic E-state index is 14.3. The Morgan fingerprint density at radius 1 is 0.451 bits per heavy atom. The minimum absolute atomic E-state index is 0.261. The molecule has 0 heterocycles. The summed E-state index contributed by atoms with van der Waals surface area (Å²) in [7, 11) is 0. The van der Waals surface area contributed by atoms with E-state index < -0.39 is 0 Å². The monoisotopic (exact) mass is 670 g/mol. The van der Waals surface area contributed by atoms with Gasteiger partial charge < -0.3 is 9.80 Å². The molecule has 0 aliphatic heterocycles. The molecule has 1 aliphatic carbocycles. The van der Waals surface area contributed by atoms with Gasteiger partial charge >= 0.3 is 0 Å². The van der Waals surface area contributed by atoms with Gasteiger partial charge in [-0.1, -0.05) is 79.6 Å². The summed E-state index contributed by atoms with van der Waals surface area (Å²) in [6.07, 6.45) is 0. The van der Waals surface area contributed by atoms with Crippen LogP contribution in [-0.4, -0.2) is 0 Å². The smallest absolute Gasteiger partial charge is 0.123 e. The molecule has 0 fully saturated rings. The predicted octanol–water partition coefficient (Wildman–Crippen LogP) is 13.6. The van der Waals surface area contributed by atoms with Crippen molar-refractivity contribution in [1.82, 2.24) is 0 Å². The first-order valence-electron chi connectivity index (χ1n) is 17.5. The van der Waals surface area contributed by atoms with Crippen LogP contribution in [0.15, 0.2) is 133 Å². The highest BCUT2D eigenvalue weighted by molar-refractivity contribution is 6.10. The van der Waals surface area contributed by atoms with E-state index in [4.69, 9.17) is 0 Å². The molecule has 1 aliphatic rings. The predicted molar refractivity (Wildman–Crippen MR) is 210 cm³/mol. The van der Waals surface area contributed by atoms with Gasteiger partial charge in [0.2, 0.25) is 0 Å². The average Bonchev–Trinajstić information content (AvgIpc) is 3.34. The molecule has 51 heavy (non-hydrogen) atoms. The van der Waals surface area contributed by atoms with Crippen LogP contribution in [0, 0.1) is 39.3 Å². The summed E-state index contributed by atoms with van der Waals surface area (Å²) in [6, 6.07) is 44.2. The fourth-order valence-electron chi connectivity index (χ4n) is 8.00. The summed E-state index contributed by atoms with van der Waals surface area (Å²) in [5.41, 5.74) is 15.2. The standard InChI is InChI=1S/C47H40F2N2/c1-29-11-23-43(31(3)25-29)50(35-17-13-33(48)14-18-35)37-21-22-40-41(27-37)47(5,6)42-28-45(38-9-7-8-10-39(38)46(40)42)51(36-19-15-34(49)16-20-36)44-24-12-30(2)26-32(44)4/h7-28H,1-6H3. The number of nitrogens with zero attached hydrogens (tertiary/aromatic N) is 2. The molecule has 8 rings (SSSR count). The Kier molecular flexibility index (Phi) is 7.79. The Labute approximate surface area is 299 Å². The van der Waals surface area contributed by atoms with Gasteiger partial charge in [0.15, 0.2) is 0 Å². The van der Waals surface area contributed by atoms with Gasteiger partial charge in [-0.3, -0.25) is 0 Å². The van der Waals surface area contributed by atoms with Crippen molar-refractivity contribution in [3.8, 4) is 11.1 Å². The zero-order valence-electron chi connectivity index (χ0n) is 29.9. The van der Waals surface area contributed by atoms with E-state index in [2.05, 4.69) is 136 Å². The fourth-order valence-corrected chi connectivity index (χ4v) is 8.00. The van der Waals surface area contributed by atoms with Gasteiger partial charge in [0, 0.05) is 39.2 Å². The lowest BCUT2D eigenvalue weighted by Crippen LogP contribution is -2.18. The number of fused-ring (bicyclic) bond motifs is 5. The molecule has 7 aromatic carbocycles. The van der Waals surface area contributed by atoms with Crippen LogP contribution < -0.4 is 9.80 Å². The second kappa shape index (κ2) is 12.2. The van der Waals surface area contributed by atoms with Crippen LogP contribution >= 0.6 is 0 Å². The number of halogens is 2. The van der Waals surface area contributed by atoms with Crippen molar-refractivity contribution in [2.24, 2.45) is 0 Å². The van der Waals surface area contributed by atoms with Crippen LogP contribution in [0.5, 0.6) is 0 Å². The van der Waals surface area contributed by atoms with Crippen molar-refractivity contribution in [3.05, 3.63) is 178 Å². The summed E-state index contributed by atoms with van der Waals surface area (Å²) >= 11 is 0. The number of hydrogen-bond donors (Lipinski definition) is 0. The minimum atomic E-state index is -0.354. The van der Waals surface area contributed by atoms with E-state index in [0.29, 0.717) is 0 Å². The summed E-state index contributed by atoms with van der Waals surface area (Å²) < 4.78 is 28.5. The number of hydrogen-bond acceptors (Lipinski definition) is 2. The van der Waals surface area contributed by atoms with E-state index in [1.165, 1.54) is 63.0 Å². The lowest BCUT2D eigenvalue weighted by atomic mass is 9.81. The molecule has 0 unspecified atom stereocenters. The summed E-state index contributed by atoms with van der Waals surface area (Å²) in [6.45, 7) is 13.1. The van der Waals surface area contributed by atoms with Crippen molar-refractivity contribution in [2.75, 3.05) is 9.80 Å². The molecule has 0 spiro atoms. The maximum absolute atomic E-state index is 14.3. The summed E-state index contributed by atoms with van der Waals surface area (Å²) in [5, 5.41) is 2.29. The maximum Gasteiger partial charge on any atom is 0.123 e. The topological polar surface area (TPSA) is 6.48 Å². The molecule has 0 saturated carbocycles. The Morgan fingerprint density at radius 3 is 1.53 bits per heavy atom. The minimum Gasteiger partial charge on any atom is -0.310 e. The SMILES string of the molecule is Cc1ccc(N(c2ccc(F)cc2)c2ccc3c(c2)C(C)(C)c2cc(N(c4ccc(F)cc4)c4ccc(C)cc4C)c4ccccc4c2-3)c(C)c1. The van der Waals surface area contributed by atoms with E-state index in [1.54, 1.807) is 0 Å². The van der Waals surface area contributed by atoms with Gasteiger partial charge in [0.05, 0.1) is 5.69 Å². The molecule has 2 nitrogen and oxygen atoms in total. The quantitative estimate of drug-likeness (QED) is 0.174. The van der Waals surface area contributed by atoms with Gasteiger partial charge in [-0.25, -0.2) is 8.78 Å². The van der Waals surface area contributed by atoms with Gasteiger partial charge in [0.1, 0.15) is 11.6 Å². The molecular weight excluding hydrogens is 631 g/mol. The van der Waals surface area contributed by atoms with Gasteiger partial charge in [-0.15, -0.1) is 0 Å². The van der Waals surface area contributed by atoms with Crippen molar-refractivity contribution in [2.45, 2.75) is 47.0 Å². The lowest BCUT2D eigenvalue weighted by Gasteiger charge is -2.31. The molecule has 0 amide bonds. The number of anilines is 6. The number of aryl methyl sites for hydroxylation is 4. The first kappa shape index (κ1) is 32.5. The summed E-state index contributed by atoms with van der Waals surface area (Å²) in [5.74, 6) is -0.524. The molecule has 0 atom stereocenters. The van der Waals surface area contributed by atoms with Gasteiger partial charge in [0.25, 0.3) is 0 Å². The molecular formula is C47H40F2N2.